The second-order valence-corrected chi connectivity index (χ2v) is 7.23. The lowest BCUT2D eigenvalue weighted by Crippen LogP contribution is -2.52. The Hall–Kier alpha value is -0.120. The number of aliphatic hydroxyl groups is 1. The van der Waals surface area contributed by atoms with Crippen molar-refractivity contribution in [2.45, 2.75) is 94.9 Å². The minimum absolute atomic E-state index is 0.0633. The van der Waals surface area contributed by atoms with Crippen LogP contribution in [-0.4, -0.2) is 47.3 Å². The van der Waals surface area contributed by atoms with Gasteiger partial charge in [0.15, 0.2) is 0 Å². The average Bonchev–Trinajstić information content (AvgIpc) is 2.50. The Labute approximate surface area is 124 Å². The van der Waals surface area contributed by atoms with Crippen LogP contribution in [0.25, 0.3) is 0 Å². The highest BCUT2D eigenvalue weighted by molar-refractivity contribution is 4.88. The first-order chi connectivity index (χ1) is 9.83. The fourth-order valence-electron chi connectivity index (χ4n) is 4.52. The van der Waals surface area contributed by atoms with E-state index in [1.807, 2.05) is 0 Å². The molecule has 0 aromatic carbocycles. The molecule has 1 saturated heterocycles. The Bertz CT molecular complexity index is 283. The van der Waals surface area contributed by atoms with Gasteiger partial charge in [-0.25, -0.2) is 0 Å². The number of piperidine rings is 1. The summed E-state index contributed by atoms with van der Waals surface area (Å²) in [6.45, 7) is 2.37. The van der Waals surface area contributed by atoms with Gasteiger partial charge >= 0.3 is 0 Å². The quantitative estimate of drug-likeness (QED) is 0.834. The summed E-state index contributed by atoms with van der Waals surface area (Å²) in [6.07, 6.45) is 14.3. The standard InChI is InChI=1S/C17H32N2O/c20-17-9-5-4-8-16(17)19-12-10-15(11-13-19)18-14-6-2-1-3-7-14/h14-18,20H,1-13H2. The Kier molecular flexibility index (Phi) is 5.36. The third kappa shape index (κ3) is 3.75. The molecule has 0 aromatic rings. The van der Waals surface area contributed by atoms with Gasteiger partial charge in [-0.3, -0.25) is 4.90 Å². The summed E-state index contributed by atoms with van der Waals surface area (Å²) < 4.78 is 0. The van der Waals surface area contributed by atoms with Crippen LogP contribution >= 0.6 is 0 Å². The highest BCUT2D eigenvalue weighted by Crippen LogP contribution is 2.26. The Morgan fingerprint density at radius 2 is 1.30 bits per heavy atom. The van der Waals surface area contributed by atoms with Crippen LogP contribution in [0.3, 0.4) is 0 Å². The van der Waals surface area contributed by atoms with E-state index in [1.165, 1.54) is 77.3 Å². The van der Waals surface area contributed by atoms with Crippen molar-refractivity contribution in [3.63, 3.8) is 0 Å². The van der Waals surface area contributed by atoms with Crippen molar-refractivity contribution in [3.8, 4) is 0 Å². The van der Waals surface area contributed by atoms with E-state index in [9.17, 15) is 5.11 Å². The smallest absolute Gasteiger partial charge is 0.0695 e. The molecule has 0 radical (unpaired) electrons. The van der Waals surface area contributed by atoms with Crippen molar-refractivity contribution >= 4 is 0 Å². The molecule has 0 amide bonds. The molecule has 20 heavy (non-hydrogen) atoms. The van der Waals surface area contributed by atoms with E-state index in [0.29, 0.717) is 6.04 Å². The molecule has 1 aliphatic heterocycles. The minimum Gasteiger partial charge on any atom is -0.391 e. The summed E-state index contributed by atoms with van der Waals surface area (Å²) in [7, 11) is 0. The summed E-state index contributed by atoms with van der Waals surface area (Å²) in [5.41, 5.74) is 0. The van der Waals surface area contributed by atoms with Gasteiger partial charge in [-0.1, -0.05) is 32.1 Å². The van der Waals surface area contributed by atoms with E-state index in [0.717, 1.165) is 18.5 Å². The molecule has 0 bridgehead atoms. The first-order valence-electron chi connectivity index (χ1n) is 9.01. The molecule has 3 nitrogen and oxygen atoms in total. The van der Waals surface area contributed by atoms with Crippen LogP contribution in [0.2, 0.25) is 0 Å². The first kappa shape index (κ1) is 14.8. The fraction of sp³-hybridized carbons (Fsp3) is 1.00. The minimum atomic E-state index is -0.0633. The lowest BCUT2D eigenvalue weighted by molar-refractivity contribution is 0.00636. The second kappa shape index (κ2) is 7.24. The highest BCUT2D eigenvalue weighted by atomic mass is 16.3. The summed E-state index contributed by atoms with van der Waals surface area (Å²) in [5.74, 6) is 0. The molecule has 2 atom stereocenters. The van der Waals surface area contributed by atoms with E-state index in [2.05, 4.69) is 10.2 Å². The molecule has 2 saturated carbocycles. The number of likely N-dealkylation sites (tertiary alicyclic amines) is 1. The van der Waals surface area contributed by atoms with Crippen molar-refractivity contribution in [3.05, 3.63) is 0 Å². The van der Waals surface area contributed by atoms with E-state index >= 15 is 0 Å². The maximum absolute atomic E-state index is 10.2. The Morgan fingerprint density at radius 3 is 2.00 bits per heavy atom. The van der Waals surface area contributed by atoms with Gasteiger partial charge in [-0.05, 0) is 38.5 Å². The zero-order valence-electron chi connectivity index (χ0n) is 12.9. The molecule has 2 aliphatic carbocycles. The number of nitrogens with one attached hydrogen (secondary N) is 1. The van der Waals surface area contributed by atoms with E-state index in [4.69, 9.17) is 0 Å². The molecule has 2 N–H and O–H groups in total. The maximum Gasteiger partial charge on any atom is 0.0695 e. The molecule has 3 aliphatic rings. The number of aliphatic hydroxyl groups excluding tert-OH is 1. The predicted octanol–water partition coefficient (Wildman–Crippen LogP) is 2.68. The average molecular weight is 280 g/mol. The van der Waals surface area contributed by atoms with Gasteiger partial charge < -0.3 is 10.4 Å². The highest BCUT2D eigenvalue weighted by Gasteiger charge is 2.31. The van der Waals surface area contributed by atoms with Crippen molar-refractivity contribution in [1.82, 2.24) is 10.2 Å². The molecule has 2 unspecified atom stereocenters. The molecular formula is C17H32N2O. The summed E-state index contributed by atoms with van der Waals surface area (Å²) in [4.78, 5) is 2.57. The largest absolute Gasteiger partial charge is 0.391 e. The molecule has 3 heteroatoms. The SMILES string of the molecule is OC1CCCCC1N1CCC(NC2CCCCC2)CC1. The normalized spacial score (nSPS) is 35.2. The summed E-state index contributed by atoms with van der Waals surface area (Å²) in [6, 6.07) is 1.98. The van der Waals surface area contributed by atoms with Gasteiger partial charge in [0.1, 0.15) is 0 Å². The molecule has 0 spiro atoms. The van der Waals surface area contributed by atoms with Crippen molar-refractivity contribution in [1.29, 1.82) is 0 Å². The van der Waals surface area contributed by atoms with Crippen molar-refractivity contribution in [2.75, 3.05) is 13.1 Å². The summed E-state index contributed by atoms with van der Waals surface area (Å²) >= 11 is 0. The third-order valence-electron chi connectivity index (χ3n) is 5.77. The molecule has 116 valence electrons. The number of nitrogens with zero attached hydrogens (tertiary/aromatic N) is 1. The van der Waals surface area contributed by atoms with Crippen molar-refractivity contribution in [2.24, 2.45) is 0 Å². The Balaban J connectivity index is 1.42. The van der Waals surface area contributed by atoms with Crippen LogP contribution in [0.15, 0.2) is 0 Å². The van der Waals surface area contributed by atoms with Gasteiger partial charge in [0.25, 0.3) is 0 Å². The number of rotatable bonds is 3. The summed E-state index contributed by atoms with van der Waals surface area (Å²) in [5, 5.41) is 14.1. The van der Waals surface area contributed by atoms with Crippen LogP contribution in [0, 0.1) is 0 Å². The number of hydrogen-bond acceptors (Lipinski definition) is 3. The van der Waals surface area contributed by atoms with E-state index < -0.39 is 0 Å². The Morgan fingerprint density at radius 1 is 0.700 bits per heavy atom. The fourth-order valence-corrected chi connectivity index (χ4v) is 4.52. The van der Waals surface area contributed by atoms with Gasteiger partial charge in [-0.15, -0.1) is 0 Å². The maximum atomic E-state index is 10.2. The van der Waals surface area contributed by atoms with E-state index in [1.54, 1.807) is 0 Å². The molecule has 1 heterocycles. The zero-order chi connectivity index (χ0) is 13.8. The van der Waals surface area contributed by atoms with Crippen LogP contribution in [0.1, 0.15) is 70.6 Å². The van der Waals surface area contributed by atoms with E-state index in [-0.39, 0.29) is 6.10 Å². The lowest BCUT2D eigenvalue weighted by atomic mass is 9.89. The van der Waals surface area contributed by atoms with Gasteiger partial charge in [0, 0.05) is 31.2 Å². The molecule has 3 fully saturated rings. The van der Waals surface area contributed by atoms with Gasteiger partial charge in [-0.2, -0.15) is 0 Å². The number of hydrogen-bond donors (Lipinski definition) is 2. The van der Waals surface area contributed by atoms with Crippen molar-refractivity contribution < 1.29 is 5.11 Å². The predicted molar refractivity (Wildman–Crippen MR) is 82.9 cm³/mol. The monoisotopic (exact) mass is 280 g/mol. The zero-order valence-corrected chi connectivity index (χ0v) is 12.9. The molecular weight excluding hydrogens is 248 g/mol. The van der Waals surface area contributed by atoms with Gasteiger partial charge in [0.2, 0.25) is 0 Å². The van der Waals surface area contributed by atoms with Crippen LogP contribution in [-0.2, 0) is 0 Å². The van der Waals surface area contributed by atoms with Crippen LogP contribution < -0.4 is 5.32 Å². The van der Waals surface area contributed by atoms with Crippen LogP contribution in [0.5, 0.6) is 0 Å². The lowest BCUT2D eigenvalue weighted by Gasteiger charge is -2.42. The van der Waals surface area contributed by atoms with Crippen LogP contribution in [0.4, 0.5) is 0 Å². The third-order valence-corrected chi connectivity index (χ3v) is 5.77. The second-order valence-electron chi connectivity index (χ2n) is 7.23. The molecule has 3 rings (SSSR count). The molecule has 0 aromatic heterocycles. The topological polar surface area (TPSA) is 35.5 Å². The first-order valence-corrected chi connectivity index (χ1v) is 9.01. The van der Waals surface area contributed by atoms with Gasteiger partial charge in [0.05, 0.1) is 6.10 Å².